The summed E-state index contributed by atoms with van der Waals surface area (Å²) in [4.78, 5) is 15.5. The zero-order valence-corrected chi connectivity index (χ0v) is 10.1. The third kappa shape index (κ3) is 1.83. The number of pyridine rings is 1. The monoisotopic (exact) mass is 236 g/mol. The summed E-state index contributed by atoms with van der Waals surface area (Å²) in [6.07, 6.45) is 3.15. The standard InChI is InChI=1S/C12H13ClN2O/c1-3-10-14-12(13)11-9(7-8(2)16)5-4-6-15(10)11/h4-6H,3,7H2,1-2H3. The van der Waals surface area contributed by atoms with Crippen LogP contribution in [0.3, 0.4) is 0 Å². The van der Waals surface area contributed by atoms with Crippen molar-refractivity contribution < 1.29 is 4.79 Å². The lowest BCUT2D eigenvalue weighted by Gasteiger charge is -2.03. The van der Waals surface area contributed by atoms with Crippen molar-refractivity contribution in [3.63, 3.8) is 0 Å². The van der Waals surface area contributed by atoms with E-state index >= 15 is 0 Å². The van der Waals surface area contributed by atoms with Crippen LogP contribution in [0.1, 0.15) is 25.2 Å². The van der Waals surface area contributed by atoms with Gasteiger partial charge in [0.1, 0.15) is 11.6 Å². The van der Waals surface area contributed by atoms with Crippen LogP contribution in [0.25, 0.3) is 5.52 Å². The summed E-state index contributed by atoms with van der Waals surface area (Å²) in [6.45, 7) is 3.61. The summed E-state index contributed by atoms with van der Waals surface area (Å²) in [6, 6.07) is 3.84. The lowest BCUT2D eigenvalue weighted by atomic mass is 10.1. The van der Waals surface area contributed by atoms with Gasteiger partial charge in [-0.1, -0.05) is 24.6 Å². The maximum Gasteiger partial charge on any atom is 0.155 e. The second-order valence-electron chi connectivity index (χ2n) is 3.80. The number of nitrogens with zero attached hydrogens (tertiary/aromatic N) is 2. The number of carbonyl (C=O) groups is 1. The van der Waals surface area contributed by atoms with Gasteiger partial charge < -0.3 is 4.40 Å². The first-order chi connectivity index (χ1) is 7.63. The molecule has 84 valence electrons. The minimum Gasteiger partial charge on any atom is -0.302 e. The Morgan fingerprint density at radius 3 is 2.94 bits per heavy atom. The molecule has 16 heavy (non-hydrogen) atoms. The minimum absolute atomic E-state index is 0.128. The van der Waals surface area contributed by atoms with Crippen molar-refractivity contribution in [2.75, 3.05) is 0 Å². The molecule has 0 aliphatic rings. The number of halogens is 1. The van der Waals surface area contributed by atoms with Crippen LogP contribution in [-0.2, 0) is 17.6 Å². The number of Topliss-reactive ketones (excluding diaryl/α,β-unsaturated/α-hetero) is 1. The van der Waals surface area contributed by atoms with E-state index in [-0.39, 0.29) is 5.78 Å². The van der Waals surface area contributed by atoms with Crippen molar-refractivity contribution in [2.45, 2.75) is 26.7 Å². The van der Waals surface area contributed by atoms with Gasteiger partial charge in [0, 0.05) is 19.0 Å². The van der Waals surface area contributed by atoms with E-state index in [2.05, 4.69) is 4.98 Å². The molecule has 0 spiro atoms. The molecule has 4 heteroatoms. The van der Waals surface area contributed by atoms with Crippen molar-refractivity contribution in [2.24, 2.45) is 0 Å². The van der Waals surface area contributed by atoms with Crippen molar-refractivity contribution in [3.05, 3.63) is 34.9 Å². The quantitative estimate of drug-likeness (QED) is 0.821. The molecule has 3 nitrogen and oxygen atoms in total. The number of rotatable bonds is 3. The van der Waals surface area contributed by atoms with Crippen LogP contribution < -0.4 is 0 Å². The molecule has 0 bridgehead atoms. The van der Waals surface area contributed by atoms with Gasteiger partial charge in [-0.25, -0.2) is 4.98 Å². The van der Waals surface area contributed by atoms with Crippen molar-refractivity contribution >= 4 is 22.9 Å². The topological polar surface area (TPSA) is 34.4 Å². The van der Waals surface area contributed by atoms with Gasteiger partial charge in [0.2, 0.25) is 0 Å². The van der Waals surface area contributed by atoms with E-state index in [4.69, 9.17) is 11.6 Å². The number of aryl methyl sites for hydroxylation is 1. The Morgan fingerprint density at radius 1 is 1.56 bits per heavy atom. The molecule has 2 aromatic heterocycles. The molecular weight excluding hydrogens is 224 g/mol. The maximum absolute atomic E-state index is 11.2. The van der Waals surface area contributed by atoms with Crippen LogP contribution in [0.5, 0.6) is 0 Å². The average molecular weight is 237 g/mol. The van der Waals surface area contributed by atoms with E-state index < -0.39 is 0 Å². The zero-order valence-electron chi connectivity index (χ0n) is 9.33. The van der Waals surface area contributed by atoms with Crippen LogP contribution in [0.4, 0.5) is 0 Å². The molecule has 0 aliphatic heterocycles. The van der Waals surface area contributed by atoms with Crippen molar-refractivity contribution in [1.82, 2.24) is 9.38 Å². The average Bonchev–Trinajstić information content (AvgIpc) is 2.56. The summed E-state index contributed by atoms with van der Waals surface area (Å²) in [5, 5.41) is 0.480. The fourth-order valence-corrected chi connectivity index (χ4v) is 2.19. The third-order valence-electron chi connectivity index (χ3n) is 2.53. The highest BCUT2D eigenvalue weighted by Crippen LogP contribution is 2.23. The van der Waals surface area contributed by atoms with E-state index in [1.54, 1.807) is 6.92 Å². The lowest BCUT2D eigenvalue weighted by molar-refractivity contribution is -0.116. The van der Waals surface area contributed by atoms with Crippen LogP contribution in [0, 0.1) is 0 Å². The third-order valence-corrected chi connectivity index (χ3v) is 2.80. The molecule has 2 heterocycles. The molecule has 0 atom stereocenters. The molecule has 0 saturated heterocycles. The molecule has 0 aromatic carbocycles. The van der Waals surface area contributed by atoms with Gasteiger partial charge >= 0.3 is 0 Å². The number of fused-ring (bicyclic) bond motifs is 1. The lowest BCUT2D eigenvalue weighted by Crippen LogP contribution is -2.00. The Morgan fingerprint density at radius 2 is 2.31 bits per heavy atom. The van der Waals surface area contributed by atoms with Crippen molar-refractivity contribution in [1.29, 1.82) is 0 Å². The van der Waals surface area contributed by atoms with E-state index in [1.165, 1.54) is 0 Å². The molecule has 0 unspecified atom stereocenters. The largest absolute Gasteiger partial charge is 0.302 e. The second-order valence-corrected chi connectivity index (χ2v) is 4.16. The predicted octanol–water partition coefficient (Wildman–Crippen LogP) is 2.68. The first kappa shape index (κ1) is 11.1. The van der Waals surface area contributed by atoms with Gasteiger partial charge in [0.05, 0.1) is 5.52 Å². The summed E-state index contributed by atoms with van der Waals surface area (Å²) in [5.41, 5.74) is 1.79. The fraction of sp³-hybridized carbons (Fsp3) is 0.333. The van der Waals surface area contributed by atoms with E-state index in [9.17, 15) is 4.79 Å². The fourth-order valence-electron chi connectivity index (χ4n) is 1.88. The Labute approximate surface area is 99.1 Å². The first-order valence-corrected chi connectivity index (χ1v) is 5.65. The van der Waals surface area contributed by atoms with Gasteiger partial charge in [-0.2, -0.15) is 0 Å². The van der Waals surface area contributed by atoms with Gasteiger partial charge in [0.15, 0.2) is 5.15 Å². The smallest absolute Gasteiger partial charge is 0.155 e. The molecule has 0 aliphatic carbocycles. The number of imidazole rings is 1. The van der Waals surface area contributed by atoms with Crippen LogP contribution in [-0.4, -0.2) is 15.2 Å². The first-order valence-electron chi connectivity index (χ1n) is 5.27. The Balaban J connectivity index is 2.67. The molecule has 0 fully saturated rings. The Kier molecular flexibility index (Phi) is 2.97. The molecule has 0 radical (unpaired) electrons. The summed E-state index contributed by atoms with van der Waals surface area (Å²) >= 11 is 6.10. The molecular formula is C12H13ClN2O. The van der Waals surface area contributed by atoms with E-state index in [1.807, 2.05) is 29.7 Å². The van der Waals surface area contributed by atoms with E-state index in [0.29, 0.717) is 11.6 Å². The molecule has 0 saturated carbocycles. The second kappa shape index (κ2) is 4.26. The van der Waals surface area contributed by atoms with Gasteiger partial charge in [0.25, 0.3) is 0 Å². The Hall–Kier alpha value is -1.35. The number of ketones is 1. The number of carbonyl (C=O) groups excluding carboxylic acids is 1. The highest BCUT2D eigenvalue weighted by molar-refractivity contribution is 6.33. The van der Waals surface area contributed by atoms with Crippen molar-refractivity contribution in [3.8, 4) is 0 Å². The molecule has 0 N–H and O–H groups in total. The number of hydrogen-bond donors (Lipinski definition) is 0. The molecule has 0 amide bonds. The van der Waals surface area contributed by atoms with Gasteiger partial charge in [-0.15, -0.1) is 0 Å². The minimum atomic E-state index is 0.128. The number of hydrogen-bond acceptors (Lipinski definition) is 2. The molecule has 2 aromatic rings. The van der Waals surface area contributed by atoms with Gasteiger partial charge in [-0.05, 0) is 18.6 Å². The molecule has 2 rings (SSSR count). The summed E-state index contributed by atoms with van der Waals surface area (Å²) in [7, 11) is 0. The van der Waals surface area contributed by atoms with Gasteiger partial charge in [-0.3, -0.25) is 4.79 Å². The summed E-state index contributed by atoms with van der Waals surface area (Å²) in [5.74, 6) is 1.05. The van der Waals surface area contributed by atoms with Crippen LogP contribution in [0.15, 0.2) is 18.3 Å². The normalized spacial score (nSPS) is 10.9. The highest BCUT2D eigenvalue weighted by Gasteiger charge is 2.12. The van der Waals surface area contributed by atoms with Crippen LogP contribution in [0.2, 0.25) is 5.15 Å². The predicted molar refractivity (Wildman–Crippen MR) is 64.0 cm³/mol. The number of aromatic nitrogens is 2. The zero-order chi connectivity index (χ0) is 11.7. The van der Waals surface area contributed by atoms with E-state index in [0.717, 1.165) is 23.3 Å². The highest BCUT2D eigenvalue weighted by atomic mass is 35.5. The maximum atomic E-state index is 11.2. The Bertz CT molecular complexity index is 545. The SMILES string of the molecule is CCc1nc(Cl)c2c(CC(C)=O)cccn12. The van der Waals surface area contributed by atoms with Crippen LogP contribution >= 0.6 is 11.6 Å². The summed E-state index contributed by atoms with van der Waals surface area (Å²) < 4.78 is 1.96.